The first-order valence-corrected chi connectivity index (χ1v) is 12.6. The lowest BCUT2D eigenvalue weighted by molar-refractivity contribution is -0.143. The minimum atomic E-state index is -3.91. The number of carbonyl (C=O) groups is 1. The molecule has 2 heterocycles. The molecule has 2 aromatic carbocycles. The van der Waals surface area contributed by atoms with Gasteiger partial charge in [-0.3, -0.25) is 4.79 Å². The Hall–Kier alpha value is -2.23. The van der Waals surface area contributed by atoms with E-state index in [1.54, 1.807) is 48.2 Å². The van der Waals surface area contributed by atoms with E-state index in [1.807, 2.05) is 19.9 Å². The first-order valence-electron chi connectivity index (χ1n) is 10.1. The van der Waals surface area contributed by atoms with Crippen LogP contribution in [0.4, 0.5) is 0 Å². The maximum atomic E-state index is 13.6. The second kappa shape index (κ2) is 8.72. The lowest BCUT2D eigenvalue weighted by Gasteiger charge is -2.41. The highest BCUT2D eigenvalue weighted by Crippen LogP contribution is 2.44. The molecular formula is C22H25NO6S2. The summed E-state index contributed by atoms with van der Waals surface area (Å²) in [4.78, 5) is 12.2. The maximum absolute atomic E-state index is 13.6. The first kappa shape index (κ1) is 22.0. The SMILES string of the molecule is CCS[C@@H]1C[C@@H](c2ccc3c(c2)OCO3)N(S(=O)(=O)c2ccc(C)cc2)C[C@H]1C(=O)O. The van der Waals surface area contributed by atoms with Crippen molar-refractivity contribution in [3.05, 3.63) is 53.6 Å². The van der Waals surface area contributed by atoms with Gasteiger partial charge in [-0.05, 0) is 48.9 Å². The van der Waals surface area contributed by atoms with Gasteiger partial charge >= 0.3 is 5.97 Å². The van der Waals surface area contributed by atoms with Crippen molar-refractivity contribution in [1.29, 1.82) is 0 Å². The number of hydrogen-bond donors (Lipinski definition) is 1. The molecular weight excluding hydrogens is 438 g/mol. The molecule has 31 heavy (non-hydrogen) atoms. The Morgan fingerprint density at radius 2 is 1.87 bits per heavy atom. The largest absolute Gasteiger partial charge is 0.481 e. The number of benzene rings is 2. The highest BCUT2D eigenvalue weighted by atomic mass is 32.2. The van der Waals surface area contributed by atoms with E-state index in [1.165, 1.54) is 4.31 Å². The van der Waals surface area contributed by atoms with Gasteiger partial charge in [0.05, 0.1) is 16.9 Å². The molecule has 0 spiro atoms. The fourth-order valence-electron chi connectivity index (χ4n) is 4.11. The topological polar surface area (TPSA) is 93.1 Å². The summed E-state index contributed by atoms with van der Waals surface area (Å²) in [5.74, 6) is 0.197. The number of aliphatic carboxylic acids is 1. The summed E-state index contributed by atoms with van der Waals surface area (Å²) in [5, 5.41) is 9.65. The minimum Gasteiger partial charge on any atom is -0.481 e. The number of hydrogen-bond acceptors (Lipinski definition) is 6. The molecule has 0 bridgehead atoms. The molecule has 0 radical (unpaired) electrons. The number of piperidine rings is 1. The molecule has 2 aromatic rings. The summed E-state index contributed by atoms with van der Waals surface area (Å²) in [5.41, 5.74) is 1.72. The molecule has 0 saturated carbocycles. The third-order valence-corrected chi connectivity index (χ3v) is 8.91. The maximum Gasteiger partial charge on any atom is 0.308 e. The van der Waals surface area contributed by atoms with Crippen molar-refractivity contribution in [2.24, 2.45) is 5.92 Å². The van der Waals surface area contributed by atoms with Crippen molar-refractivity contribution in [2.75, 3.05) is 19.1 Å². The predicted molar refractivity (Wildman–Crippen MR) is 118 cm³/mol. The molecule has 9 heteroatoms. The molecule has 2 aliphatic heterocycles. The number of carboxylic acids is 1. The molecule has 1 N–H and O–H groups in total. The van der Waals surface area contributed by atoms with E-state index in [9.17, 15) is 18.3 Å². The Labute approximate surface area is 186 Å². The van der Waals surface area contributed by atoms with E-state index in [4.69, 9.17) is 9.47 Å². The lowest BCUT2D eigenvalue weighted by atomic mass is 9.90. The van der Waals surface area contributed by atoms with Gasteiger partial charge in [-0.25, -0.2) is 8.42 Å². The van der Waals surface area contributed by atoms with E-state index in [-0.39, 0.29) is 23.5 Å². The molecule has 2 aliphatic rings. The van der Waals surface area contributed by atoms with Gasteiger partial charge in [-0.1, -0.05) is 30.7 Å². The van der Waals surface area contributed by atoms with Crippen molar-refractivity contribution >= 4 is 27.8 Å². The smallest absolute Gasteiger partial charge is 0.308 e. The van der Waals surface area contributed by atoms with Gasteiger partial charge in [0.15, 0.2) is 11.5 Å². The molecule has 166 valence electrons. The Kier molecular flexibility index (Phi) is 6.18. The molecule has 1 fully saturated rings. The quantitative estimate of drug-likeness (QED) is 0.698. The van der Waals surface area contributed by atoms with Crippen LogP contribution in [-0.2, 0) is 14.8 Å². The Morgan fingerprint density at radius 1 is 1.16 bits per heavy atom. The van der Waals surface area contributed by atoms with Crippen LogP contribution >= 0.6 is 11.8 Å². The van der Waals surface area contributed by atoms with E-state index in [2.05, 4.69) is 0 Å². The molecule has 4 rings (SSSR count). The summed E-state index contributed by atoms with van der Waals surface area (Å²) in [6.45, 7) is 3.92. The van der Waals surface area contributed by atoms with Crippen LogP contribution in [0.15, 0.2) is 47.4 Å². The number of carboxylic acid groups (broad SMARTS) is 1. The van der Waals surface area contributed by atoms with Crippen LogP contribution in [-0.4, -0.2) is 48.1 Å². The Balaban J connectivity index is 1.78. The van der Waals surface area contributed by atoms with E-state index >= 15 is 0 Å². The van der Waals surface area contributed by atoms with Crippen molar-refractivity contribution in [2.45, 2.75) is 36.5 Å². The molecule has 3 atom stereocenters. The van der Waals surface area contributed by atoms with Crippen LogP contribution in [0.5, 0.6) is 11.5 Å². The molecule has 1 saturated heterocycles. The highest BCUT2D eigenvalue weighted by molar-refractivity contribution is 7.99. The monoisotopic (exact) mass is 463 g/mol. The summed E-state index contributed by atoms with van der Waals surface area (Å²) >= 11 is 1.56. The standard InChI is InChI=1S/C22H25NO6S2/c1-3-30-21-11-18(15-6-9-19-20(10-15)29-13-28-19)23(12-17(21)22(24)25)31(26,27)16-7-4-14(2)5-8-16/h4-10,17-18,21H,3,11-13H2,1-2H3,(H,24,25)/t17-,18+,21-/m1/s1. The van der Waals surface area contributed by atoms with Gasteiger partial charge in [0, 0.05) is 11.8 Å². The van der Waals surface area contributed by atoms with Crippen molar-refractivity contribution in [1.82, 2.24) is 4.31 Å². The van der Waals surface area contributed by atoms with Crippen LogP contribution in [0.3, 0.4) is 0 Å². The number of fused-ring (bicyclic) bond motifs is 1. The number of nitrogens with zero attached hydrogens (tertiary/aromatic N) is 1. The molecule has 0 aromatic heterocycles. The van der Waals surface area contributed by atoms with Gasteiger partial charge in [0.2, 0.25) is 16.8 Å². The zero-order valence-electron chi connectivity index (χ0n) is 17.4. The molecule has 0 unspecified atom stereocenters. The second-order valence-electron chi connectivity index (χ2n) is 7.69. The van der Waals surface area contributed by atoms with E-state index in [0.29, 0.717) is 17.9 Å². The Bertz CT molecular complexity index is 1070. The number of thioether (sulfide) groups is 1. The summed E-state index contributed by atoms with van der Waals surface area (Å²) in [6, 6.07) is 11.6. The number of aryl methyl sites for hydroxylation is 1. The van der Waals surface area contributed by atoms with Crippen LogP contribution in [0.1, 0.15) is 30.5 Å². The van der Waals surface area contributed by atoms with Crippen LogP contribution < -0.4 is 9.47 Å². The van der Waals surface area contributed by atoms with E-state index in [0.717, 1.165) is 16.9 Å². The lowest BCUT2D eigenvalue weighted by Crippen LogP contribution is -2.49. The van der Waals surface area contributed by atoms with Gasteiger partial charge in [-0.15, -0.1) is 0 Å². The highest BCUT2D eigenvalue weighted by Gasteiger charge is 2.45. The van der Waals surface area contributed by atoms with Gasteiger partial charge in [0.25, 0.3) is 0 Å². The number of sulfonamides is 1. The fraction of sp³-hybridized carbons (Fsp3) is 0.409. The average Bonchev–Trinajstić information content (AvgIpc) is 3.21. The van der Waals surface area contributed by atoms with Gasteiger partial charge < -0.3 is 14.6 Å². The first-order chi connectivity index (χ1) is 14.8. The third kappa shape index (κ3) is 4.26. The van der Waals surface area contributed by atoms with Gasteiger partial charge in [-0.2, -0.15) is 16.1 Å². The predicted octanol–water partition coefficient (Wildman–Crippen LogP) is 3.68. The Morgan fingerprint density at radius 3 is 2.55 bits per heavy atom. The normalized spacial score (nSPS) is 23.6. The van der Waals surface area contributed by atoms with Crippen molar-refractivity contribution in [3.63, 3.8) is 0 Å². The summed E-state index contributed by atoms with van der Waals surface area (Å²) in [6.07, 6.45) is 0.403. The van der Waals surface area contributed by atoms with Crippen molar-refractivity contribution < 1.29 is 27.8 Å². The summed E-state index contributed by atoms with van der Waals surface area (Å²) in [7, 11) is -3.91. The minimum absolute atomic E-state index is 0.0810. The second-order valence-corrected chi connectivity index (χ2v) is 11.1. The van der Waals surface area contributed by atoms with Crippen LogP contribution in [0.2, 0.25) is 0 Å². The van der Waals surface area contributed by atoms with Crippen molar-refractivity contribution in [3.8, 4) is 11.5 Å². The third-order valence-electron chi connectivity index (χ3n) is 5.74. The summed E-state index contributed by atoms with van der Waals surface area (Å²) < 4.78 is 39.5. The molecule has 0 amide bonds. The van der Waals surface area contributed by atoms with Crippen LogP contribution in [0.25, 0.3) is 0 Å². The molecule has 7 nitrogen and oxygen atoms in total. The number of ether oxygens (including phenoxy) is 2. The zero-order valence-corrected chi connectivity index (χ0v) is 19.0. The average molecular weight is 464 g/mol. The molecule has 0 aliphatic carbocycles. The van der Waals surface area contributed by atoms with E-state index < -0.39 is 28.0 Å². The zero-order chi connectivity index (χ0) is 22.2. The van der Waals surface area contributed by atoms with Gasteiger partial charge in [0.1, 0.15) is 0 Å². The number of rotatable bonds is 6. The van der Waals surface area contributed by atoms with Crippen LogP contribution in [0, 0.1) is 12.8 Å². The fourth-order valence-corrected chi connectivity index (χ4v) is 6.94.